The van der Waals surface area contributed by atoms with Crippen LogP contribution in [0.1, 0.15) is 31.9 Å². The minimum absolute atomic E-state index is 0.0705. The van der Waals surface area contributed by atoms with Gasteiger partial charge < -0.3 is 19.5 Å². The van der Waals surface area contributed by atoms with Gasteiger partial charge in [-0.25, -0.2) is 8.42 Å². The zero-order chi connectivity index (χ0) is 24.3. The Kier molecular flexibility index (Phi) is 7.24. The molecule has 2 aliphatic heterocycles. The van der Waals surface area contributed by atoms with Crippen LogP contribution in [0.2, 0.25) is 0 Å². The van der Waals surface area contributed by atoms with Crippen LogP contribution in [0.4, 0.5) is 11.4 Å². The molecule has 4 rings (SSSR count). The summed E-state index contributed by atoms with van der Waals surface area (Å²) >= 11 is 0. The number of fused-ring (bicyclic) bond motifs is 1. The molecular weight excluding hydrogens is 462 g/mol. The summed E-state index contributed by atoms with van der Waals surface area (Å²) in [5, 5.41) is 15.2. The Morgan fingerprint density at radius 3 is 2.38 bits per heavy atom. The molecule has 0 amide bonds. The number of sulfonamides is 1. The number of morpholine rings is 1. The van der Waals surface area contributed by atoms with Gasteiger partial charge in [0.05, 0.1) is 42.3 Å². The molecule has 0 saturated carbocycles. The molecular formula is C23H29N3O7S. The Bertz CT molecular complexity index is 1150. The van der Waals surface area contributed by atoms with E-state index in [4.69, 9.17) is 14.2 Å². The number of benzene rings is 2. The van der Waals surface area contributed by atoms with E-state index in [0.717, 1.165) is 18.1 Å². The van der Waals surface area contributed by atoms with E-state index < -0.39 is 14.9 Å². The molecule has 11 heteroatoms. The number of nitro benzene ring substituents is 1. The lowest BCUT2D eigenvalue weighted by Crippen LogP contribution is -2.40. The molecule has 2 aromatic rings. The summed E-state index contributed by atoms with van der Waals surface area (Å²) < 4.78 is 44.0. The largest absolute Gasteiger partial charge is 0.490 e. The smallest absolute Gasteiger partial charge is 0.293 e. The molecule has 0 aliphatic carbocycles. The van der Waals surface area contributed by atoms with Crippen LogP contribution >= 0.6 is 0 Å². The van der Waals surface area contributed by atoms with E-state index in [1.54, 1.807) is 0 Å². The molecule has 2 aliphatic rings. The van der Waals surface area contributed by atoms with Crippen LogP contribution in [-0.4, -0.2) is 57.2 Å². The highest BCUT2D eigenvalue weighted by molar-refractivity contribution is 7.89. The first-order chi connectivity index (χ1) is 16.3. The van der Waals surface area contributed by atoms with Crippen LogP contribution in [0.15, 0.2) is 41.3 Å². The van der Waals surface area contributed by atoms with E-state index in [2.05, 4.69) is 5.32 Å². The van der Waals surface area contributed by atoms with Crippen LogP contribution in [-0.2, 0) is 14.8 Å². The predicted molar refractivity (Wildman–Crippen MR) is 126 cm³/mol. The normalized spacial score (nSPS) is 17.7. The van der Waals surface area contributed by atoms with Gasteiger partial charge in [0.25, 0.3) is 5.69 Å². The first-order valence-corrected chi connectivity index (χ1v) is 12.7. The Morgan fingerprint density at radius 1 is 1.00 bits per heavy atom. The maximum atomic E-state index is 13.0. The van der Waals surface area contributed by atoms with Gasteiger partial charge in [-0.3, -0.25) is 10.1 Å². The van der Waals surface area contributed by atoms with Crippen molar-refractivity contribution in [3.8, 4) is 11.5 Å². The lowest BCUT2D eigenvalue weighted by molar-refractivity contribution is -0.384. The van der Waals surface area contributed by atoms with E-state index in [1.165, 1.54) is 16.4 Å². The Morgan fingerprint density at radius 2 is 1.71 bits per heavy atom. The maximum Gasteiger partial charge on any atom is 0.293 e. The third-order valence-corrected chi connectivity index (χ3v) is 7.78. The zero-order valence-electron chi connectivity index (χ0n) is 19.2. The number of hydrogen-bond acceptors (Lipinski definition) is 8. The highest BCUT2D eigenvalue weighted by atomic mass is 32.2. The SMILES string of the molecule is CC(C)[C@@H](Nc1ccc(S(=O)(=O)N2CCOCC2)cc1[N+](=O)[O-])c1ccc2c(c1)OCCCO2. The Hall–Kier alpha value is -2.89. The van der Waals surface area contributed by atoms with Crippen LogP contribution in [0.25, 0.3) is 0 Å². The number of nitrogens with zero attached hydrogens (tertiary/aromatic N) is 2. The van der Waals surface area contributed by atoms with Gasteiger partial charge in [-0.1, -0.05) is 19.9 Å². The molecule has 2 heterocycles. The second-order valence-electron chi connectivity index (χ2n) is 8.58. The second-order valence-corrected chi connectivity index (χ2v) is 10.5. The quantitative estimate of drug-likeness (QED) is 0.461. The van der Waals surface area contributed by atoms with Gasteiger partial charge in [0, 0.05) is 25.6 Å². The summed E-state index contributed by atoms with van der Waals surface area (Å²) in [7, 11) is -3.85. The van der Waals surface area contributed by atoms with Crippen molar-refractivity contribution in [1.82, 2.24) is 4.31 Å². The van der Waals surface area contributed by atoms with Gasteiger partial charge in [-0.05, 0) is 35.7 Å². The number of nitrogens with one attached hydrogen (secondary N) is 1. The van der Waals surface area contributed by atoms with Gasteiger partial charge >= 0.3 is 0 Å². The second kappa shape index (κ2) is 10.2. The summed E-state index contributed by atoms with van der Waals surface area (Å²) in [5.41, 5.74) is 0.838. The molecule has 1 saturated heterocycles. The summed E-state index contributed by atoms with van der Waals surface area (Å²) in [6.45, 7) is 6.18. The van der Waals surface area contributed by atoms with Crippen LogP contribution in [0.5, 0.6) is 11.5 Å². The van der Waals surface area contributed by atoms with E-state index in [-0.39, 0.29) is 41.3 Å². The van der Waals surface area contributed by atoms with Gasteiger partial charge in [-0.15, -0.1) is 0 Å². The van der Waals surface area contributed by atoms with E-state index >= 15 is 0 Å². The molecule has 0 unspecified atom stereocenters. The van der Waals surface area contributed by atoms with Gasteiger partial charge in [0.15, 0.2) is 11.5 Å². The van der Waals surface area contributed by atoms with Crippen molar-refractivity contribution in [3.05, 3.63) is 52.1 Å². The number of ether oxygens (including phenoxy) is 3. The van der Waals surface area contributed by atoms with Crippen molar-refractivity contribution in [2.24, 2.45) is 5.92 Å². The van der Waals surface area contributed by atoms with Gasteiger partial charge in [0.2, 0.25) is 10.0 Å². The highest BCUT2D eigenvalue weighted by Gasteiger charge is 2.30. The molecule has 0 bridgehead atoms. The average Bonchev–Trinajstić information content (AvgIpc) is 3.07. The molecule has 34 heavy (non-hydrogen) atoms. The lowest BCUT2D eigenvalue weighted by atomic mass is 9.95. The summed E-state index contributed by atoms with van der Waals surface area (Å²) in [5.74, 6) is 1.39. The molecule has 10 nitrogen and oxygen atoms in total. The molecule has 0 radical (unpaired) electrons. The molecule has 1 fully saturated rings. The van der Waals surface area contributed by atoms with E-state index in [9.17, 15) is 18.5 Å². The maximum absolute atomic E-state index is 13.0. The van der Waals surface area contributed by atoms with Gasteiger partial charge in [-0.2, -0.15) is 4.31 Å². The summed E-state index contributed by atoms with van der Waals surface area (Å²) in [4.78, 5) is 11.2. The molecule has 1 N–H and O–H groups in total. The van der Waals surface area contributed by atoms with Crippen molar-refractivity contribution >= 4 is 21.4 Å². The van der Waals surface area contributed by atoms with Crippen molar-refractivity contribution < 1.29 is 27.6 Å². The fraction of sp³-hybridized carbons (Fsp3) is 0.478. The van der Waals surface area contributed by atoms with Gasteiger partial charge in [0.1, 0.15) is 5.69 Å². The standard InChI is InChI=1S/C23H29N3O7S/c1-16(2)23(17-4-7-21-22(14-17)33-11-3-10-32-21)24-19-6-5-18(15-20(19)26(27)28)34(29,30)25-8-12-31-13-9-25/h4-7,14-16,23-24H,3,8-13H2,1-2H3/t23-/m1/s1. The number of rotatable bonds is 7. The monoisotopic (exact) mass is 491 g/mol. The predicted octanol–water partition coefficient (Wildman–Crippen LogP) is 3.59. The van der Waals surface area contributed by atoms with Crippen molar-refractivity contribution in [2.75, 3.05) is 44.8 Å². The first kappa shape index (κ1) is 24.2. The van der Waals surface area contributed by atoms with Crippen molar-refractivity contribution in [2.45, 2.75) is 31.2 Å². The van der Waals surface area contributed by atoms with Crippen molar-refractivity contribution in [1.29, 1.82) is 0 Å². The van der Waals surface area contributed by atoms with Crippen LogP contribution in [0.3, 0.4) is 0 Å². The topological polar surface area (TPSA) is 120 Å². The highest BCUT2D eigenvalue weighted by Crippen LogP contribution is 2.38. The number of anilines is 1. The average molecular weight is 492 g/mol. The third-order valence-electron chi connectivity index (χ3n) is 5.88. The third kappa shape index (κ3) is 5.11. The zero-order valence-corrected chi connectivity index (χ0v) is 20.0. The first-order valence-electron chi connectivity index (χ1n) is 11.3. The number of nitro groups is 1. The Labute approximate surface area is 199 Å². The van der Waals surface area contributed by atoms with Crippen LogP contribution < -0.4 is 14.8 Å². The fourth-order valence-electron chi connectivity index (χ4n) is 4.06. The minimum Gasteiger partial charge on any atom is -0.490 e. The van der Waals surface area contributed by atoms with Crippen molar-refractivity contribution in [3.63, 3.8) is 0 Å². The molecule has 0 aromatic heterocycles. The summed E-state index contributed by atoms with van der Waals surface area (Å²) in [6.07, 6.45) is 0.793. The summed E-state index contributed by atoms with van der Waals surface area (Å²) in [6, 6.07) is 9.36. The number of hydrogen-bond donors (Lipinski definition) is 1. The van der Waals surface area contributed by atoms with Crippen LogP contribution in [0, 0.1) is 16.0 Å². The molecule has 1 atom stereocenters. The minimum atomic E-state index is -3.85. The van der Waals surface area contributed by atoms with E-state index in [1.807, 2.05) is 32.0 Å². The Balaban J connectivity index is 1.65. The van der Waals surface area contributed by atoms with E-state index in [0.29, 0.717) is 37.9 Å². The fourth-order valence-corrected chi connectivity index (χ4v) is 5.49. The molecule has 0 spiro atoms. The lowest BCUT2D eigenvalue weighted by Gasteiger charge is -2.27. The molecule has 184 valence electrons. The molecule has 2 aromatic carbocycles.